The second-order valence-electron chi connectivity index (χ2n) is 3.13. The number of carboxylic acid groups (broad SMARTS) is 1. The van der Waals surface area contributed by atoms with Gasteiger partial charge in [0.25, 0.3) is 0 Å². The van der Waals surface area contributed by atoms with Gasteiger partial charge in [-0.25, -0.2) is 4.39 Å². The first-order valence-electron chi connectivity index (χ1n) is 4.79. The smallest absolute Gasteiger partial charge is 0.303 e. The van der Waals surface area contributed by atoms with Crippen LogP contribution in [-0.2, 0) is 4.79 Å². The second-order valence-corrected chi connectivity index (χ2v) is 4.27. The summed E-state index contributed by atoms with van der Waals surface area (Å²) in [6.45, 7) is 0. The molecule has 0 spiro atoms. The lowest BCUT2D eigenvalue weighted by Gasteiger charge is -2.01. The molecule has 0 fully saturated rings. The van der Waals surface area contributed by atoms with Gasteiger partial charge < -0.3 is 5.11 Å². The first-order chi connectivity index (χ1) is 7.20. The van der Waals surface area contributed by atoms with Crippen LogP contribution in [0.3, 0.4) is 0 Å². The maximum atomic E-state index is 13.1. The minimum absolute atomic E-state index is 0.192. The Morgan fingerprint density at radius 3 is 2.73 bits per heavy atom. The van der Waals surface area contributed by atoms with Crippen LogP contribution in [0.5, 0.6) is 0 Å². The number of rotatable bonds is 6. The normalized spacial score (nSPS) is 10.2. The van der Waals surface area contributed by atoms with Crippen LogP contribution in [0.2, 0.25) is 0 Å². The molecule has 2 nitrogen and oxygen atoms in total. The molecule has 0 radical (unpaired) electrons. The van der Waals surface area contributed by atoms with Crippen LogP contribution in [0.4, 0.5) is 4.39 Å². The van der Waals surface area contributed by atoms with Gasteiger partial charge in [-0.15, -0.1) is 11.8 Å². The van der Waals surface area contributed by atoms with Crippen LogP contribution < -0.4 is 0 Å². The summed E-state index contributed by atoms with van der Waals surface area (Å²) in [6.07, 6.45) is 1.64. The summed E-state index contributed by atoms with van der Waals surface area (Å²) in [4.78, 5) is 10.9. The average Bonchev–Trinajstić information content (AvgIpc) is 2.20. The lowest BCUT2D eigenvalue weighted by Crippen LogP contribution is -1.94. The van der Waals surface area contributed by atoms with Crippen molar-refractivity contribution in [2.75, 3.05) is 5.75 Å². The van der Waals surface area contributed by atoms with Gasteiger partial charge in [-0.1, -0.05) is 12.1 Å². The standard InChI is InChI=1S/C11H13FO2S/c12-9-5-1-2-6-10(9)15-8-4-3-7-11(13)14/h1-2,5-6H,3-4,7-8H2,(H,13,14). The fourth-order valence-corrected chi connectivity index (χ4v) is 2.07. The Morgan fingerprint density at radius 2 is 2.07 bits per heavy atom. The highest BCUT2D eigenvalue weighted by molar-refractivity contribution is 7.99. The highest BCUT2D eigenvalue weighted by Gasteiger charge is 2.01. The first-order valence-corrected chi connectivity index (χ1v) is 5.78. The third-order valence-electron chi connectivity index (χ3n) is 1.88. The summed E-state index contributed by atoms with van der Waals surface area (Å²) in [5.74, 6) is -0.222. The number of benzene rings is 1. The zero-order valence-electron chi connectivity index (χ0n) is 8.28. The Labute approximate surface area is 92.5 Å². The van der Waals surface area contributed by atoms with Gasteiger partial charge in [0.15, 0.2) is 0 Å². The van der Waals surface area contributed by atoms with Gasteiger partial charge in [-0.2, -0.15) is 0 Å². The van der Waals surface area contributed by atoms with E-state index in [1.807, 2.05) is 0 Å². The summed E-state index contributed by atoms with van der Waals surface area (Å²) < 4.78 is 13.1. The SMILES string of the molecule is O=C(O)CCCCSc1ccccc1F. The average molecular weight is 228 g/mol. The van der Waals surface area contributed by atoms with Crippen LogP contribution in [0.1, 0.15) is 19.3 Å². The van der Waals surface area contributed by atoms with Crippen molar-refractivity contribution in [3.8, 4) is 0 Å². The van der Waals surface area contributed by atoms with E-state index in [4.69, 9.17) is 5.11 Å². The van der Waals surface area contributed by atoms with Crippen molar-refractivity contribution >= 4 is 17.7 Å². The minimum Gasteiger partial charge on any atom is -0.481 e. The summed E-state index contributed by atoms with van der Waals surface area (Å²) >= 11 is 1.43. The highest BCUT2D eigenvalue weighted by Crippen LogP contribution is 2.22. The summed E-state index contributed by atoms with van der Waals surface area (Å²) in [7, 11) is 0. The van der Waals surface area contributed by atoms with E-state index in [0.717, 1.165) is 12.2 Å². The Kier molecular flexibility index (Phi) is 5.18. The van der Waals surface area contributed by atoms with Crippen LogP contribution in [0.15, 0.2) is 29.2 Å². The van der Waals surface area contributed by atoms with Crippen LogP contribution in [0, 0.1) is 5.82 Å². The fraction of sp³-hybridized carbons (Fsp3) is 0.364. The highest BCUT2D eigenvalue weighted by atomic mass is 32.2. The maximum Gasteiger partial charge on any atom is 0.303 e. The number of carbonyl (C=O) groups is 1. The molecule has 0 heterocycles. The van der Waals surface area contributed by atoms with E-state index in [9.17, 15) is 9.18 Å². The molecule has 0 aliphatic rings. The lowest BCUT2D eigenvalue weighted by atomic mass is 10.2. The van der Waals surface area contributed by atoms with E-state index in [1.165, 1.54) is 17.8 Å². The van der Waals surface area contributed by atoms with Crippen LogP contribution in [0.25, 0.3) is 0 Å². The molecule has 1 aromatic carbocycles. The van der Waals surface area contributed by atoms with E-state index in [-0.39, 0.29) is 12.2 Å². The number of hydrogen-bond donors (Lipinski definition) is 1. The van der Waals surface area contributed by atoms with Crippen molar-refractivity contribution < 1.29 is 14.3 Å². The number of halogens is 1. The molecular weight excluding hydrogens is 215 g/mol. The van der Waals surface area contributed by atoms with Gasteiger partial charge >= 0.3 is 5.97 Å². The molecule has 82 valence electrons. The molecule has 1 rings (SSSR count). The van der Waals surface area contributed by atoms with Crippen molar-refractivity contribution in [1.82, 2.24) is 0 Å². The molecule has 1 N–H and O–H groups in total. The lowest BCUT2D eigenvalue weighted by molar-refractivity contribution is -0.137. The molecule has 0 aromatic heterocycles. The minimum atomic E-state index is -0.772. The number of hydrogen-bond acceptors (Lipinski definition) is 2. The number of carboxylic acids is 1. The largest absolute Gasteiger partial charge is 0.481 e. The maximum absolute atomic E-state index is 13.1. The van der Waals surface area contributed by atoms with E-state index in [0.29, 0.717) is 11.3 Å². The summed E-state index contributed by atoms with van der Waals surface area (Å²) in [5, 5.41) is 8.41. The van der Waals surface area contributed by atoms with Crippen molar-refractivity contribution in [2.45, 2.75) is 24.2 Å². The zero-order chi connectivity index (χ0) is 11.1. The number of thioether (sulfide) groups is 1. The molecule has 1 aromatic rings. The molecular formula is C11H13FO2S. The predicted octanol–water partition coefficient (Wildman–Crippen LogP) is 3.17. The monoisotopic (exact) mass is 228 g/mol. The Hall–Kier alpha value is -1.03. The molecule has 0 aliphatic carbocycles. The third kappa shape index (κ3) is 4.83. The first kappa shape index (κ1) is 12.0. The van der Waals surface area contributed by atoms with Crippen molar-refractivity contribution in [2.24, 2.45) is 0 Å². The van der Waals surface area contributed by atoms with E-state index in [1.54, 1.807) is 18.2 Å². The van der Waals surface area contributed by atoms with Gasteiger partial charge in [-0.3, -0.25) is 4.79 Å². The topological polar surface area (TPSA) is 37.3 Å². The molecule has 0 unspecified atom stereocenters. The van der Waals surface area contributed by atoms with E-state index < -0.39 is 5.97 Å². The quantitative estimate of drug-likeness (QED) is 0.600. The van der Waals surface area contributed by atoms with Gasteiger partial charge in [0.1, 0.15) is 5.82 Å². The Bertz CT molecular complexity index is 328. The predicted molar refractivity (Wildman–Crippen MR) is 58.6 cm³/mol. The Balaban J connectivity index is 2.21. The number of unbranched alkanes of at least 4 members (excludes halogenated alkanes) is 1. The molecule has 0 aliphatic heterocycles. The van der Waals surface area contributed by atoms with Crippen molar-refractivity contribution in [3.05, 3.63) is 30.1 Å². The molecule has 0 saturated carbocycles. The summed E-state index contributed by atoms with van der Waals surface area (Å²) in [5.41, 5.74) is 0. The molecule has 0 atom stereocenters. The van der Waals surface area contributed by atoms with Crippen molar-refractivity contribution in [3.63, 3.8) is 0 Å². The molecule has 0 bridgehead atoms. The van der Waals surface area contributed by atoms with Gasteiger partial charge in [0.05, 0.1) is 0 Å². The number of aliphatic carboxylic acids is 1. The zero-order valence-corrected chi connectivity index (χ0v) is 9.10. The molecule has 4 heteroatoms. The van der Waals surface area contributed by atoms with E-state index in [2.05, 4.69) is 0 Å². The van der Waals surface area contributed by atoms with Crippen molar-refractivity contribution in [1.29, 1.82) is 0 Å². The van der Waals surface area contributed by atoms with Crippen LogP contribution in [-0.4, -0.2) is 16.8 Å². The molecule has 0 saturated heterocycles. The van der Waals surface area contributed by atoms with Gasteiger partial charge in [0, 0.05) is 11.3 Å². The van der Waals surface area contributed by atoms with Crippen LogP contribution >= 0.6 is 11.8 Å². The summed E-state index contributed by atoms with van der Waals surface area (Å²) in [6, 6.07) is 6.61. The van der Waals surface area contributed by atoms with E-state index >= 15 is 0 Å². The fourth-order valence-electron chi connectivity index (χ4n) is 1.12. The van der Waals surface area contributed by atoms with Gasteiger partial charge in [0.2, 0.25) is 0 Å². The Morgan fingerprint density at radius 1 is 1.33 bits per heavy atom. The molecule has 15 heavy (non-hydrogen) atoms. The third-order valence-corrected chi connectivity index (χ3v) is 3.01. The van der Waals surface area contributed by atoms with Gasteiger partial charge in [-0.05, 0) is 30.7 Å². The second kappa shape index (κ2) is 6.45. The molecule has 0 amide bonds.